The zero-order valence-corrected chi connectivity index (χ0v) is 19.6. The Morgan fingerprint density at radius 2 is 1.88 bits per heavy atom. The highest BCUT2D eigenvalue weighted by Gasteiger charge is 2.14. The Hall–Kier alpha value is -3.14. The van der Waals surface area contributed by atoms with Gasteiger partial charge in [-0.3, -0.25) is 9.36 Å². The number of aryl methyl sites for hydroxylation is 1. The van der Waals surface area contributed by atoms with E-state index in [1.165, 1.54) is 4.57 Å². The summed E-state index contributed by atoms with van der Waals surface area (Å²) < 4.78 is 7.04. The van der Waals surface area contributed by atoms with Crippen LogP contribution in [0.3, 0.4) is 0 Å². The molecule has 3 aromatic rings. The van der Waals surface area contributed by atoms with Crippen LogP contribution in [0.5, 0.6) is 5.75 Å². The molecule has 1 heterocycles. The Bertz CT molecular complexity index is 1180. The van der Waals surface area contributed by atoms with Gasteiger partial charge in [-0.15, -0.1) is 0 Å². The first-order chi connectivity index (χ1) is 15.7. The van der Waals surface area contributed by atoms with Gasteiger partial charge in [-0.05, 0) is 49.7 Å². The summed E-state index contributed by atoms with van der Waals surface area (Å²) in [5.74, 6) is 5.19. The maximum atomic E-state index is 12.8. The van der Waals surface area contributed by atoms with Crippen LogP contribution in [0.4, 0.5) is 11.6 Å². The molecule has 0 fully saturated rings. The molecule has 0 aliphatic rings. The number of rotatable bonds is 9. The molecule has 0 bridgehead atoms. The second-order valence-corrected chi connectivity index (χ2v) is 8.23. The SMILES string of the molecule is CC(C)Oc1ccc(Nc2nc(CCC(=O)ON)nc(=O)n2Cc2ccc(Cl)cc2)cc1Cl. The predicted molar refractivity (Wildman–Crippen MR) is 126 cm³/mol. The van der Waals surface area contributed by atoms with E-state index in [2.05, 4.69) is 20.1 Å². The monoisotopic (exact) mass is 491 g/mol. The van der Waals surface area contributed by atoms with E-state index in [4.69, 9.17) is 33.8 Å². The van der Waals surface area contributed by atoms with Crippen molar-refractivity contribution in [3.05, 3.63) is 74.4 Å². The summed E-state index contributed by atoms with van der Waals surface area (Å²) in [6.45, 7) is 4.01. The number of aromatic nitrogens is 3. The molecule has 174 valence electrons. The minimum Gasteiger partial charge on any atom is -0.489 e. The highest BCUT2D eigenvalue weighted by molar-refractivity contribution is 6.32. The molecule has 11 heteroatoms. The molecule has 0 radical (unpaired) electrons. The van der Waals surface area contributed by atoms with Crippen LogP contribution in [0.25, 0.3) is 0 Å². The topological polar surface area (TPSA) is 121 Å². The summed E-state index contributed by atoms with van der Waals surface area (Å²) in [6.07, 6.45) is -0.0108. The number of carbonyl (C=O) groups excluding carboxylic acids is 1. The number of carbonyl (C=O) groups is 1. The zero-order valence-electron chi connectivity index (χ0n) is 18.0. The van der Waals surface area contributed by atoms with E-state index in [1.54, 1.807) is 42.5 Å². The number of hydrogen-bond acceptors (Lipinski definition) is 8. The lowest BCUT2D eigenvalue weighted by Gasteiger charge is -2.16. The van der Waals surface area contributed by atoms with Crippen molar-refractivity contribution in [1.29, 1.82) is 0 Å². The number of nitrogens with one attached hydrogen (secondary N) is 1. The number of nitrogens with two attached hydrogens (primary N) is 1. The van der Waals surface area contributed by atoms with Crippen LogP contribution in [0, 0.1) is 0 Å². The van der Waals surface area contributed by atoms with Crippen molar-refractivity contribution in [3.8, 4) is 5.75 Å². The first kappa shape index (κ1) is 24.5. The Balaban J connectivity index is 1.95. The number of hydrogen-bond donors (Lipinski definition) is 2. The molecule has 3 rings (SSSR count). The molecule has 1 aromatic heterocycles. The molecule has 2 aromatic carbocycles. The number of nitrogens with zero attached hydrogens (tertiary/aromatic N) is 3. The van der Waals surface area contributed by atoms with Gasteiger partial charge in [0.2, 0.25) is 5.95 Å². The molecule has 33 heavy (non-hydrogen) atoms. The van der Waals surface area contributed by atoms with Crippen molar-refractivity contribution in [2.24, 2.45) is 5.90 Å². The van der Waals surface area contributed by atoms with Gasteiger partial charge in [0.1, 0.15) is 11.6 Å². The smallest absolute Gasteiger partial charge is 0.352 e. The van der Waals surface area contributed by atoms with E-state index in [-0.39, 0.29) is 37.3 Å². The molecule has 0 amide bonds. The maximum absolute atomic E-state index is 12.8. The number of anilines is 2. The standard InChI is InChI=1S/C22H23Cl2N5O4/c1-13(2)32-18-8-7-16(11-17(18)24)26-21-27-19(9-10-20(30)33-25)28-22(31)29(21)12-14-3-5-15(23)6-4-14/h3-8,11,13H,9-10,12,25H2,1-2H3,(H,26,27,28,31). The van der Waals surface area contributed by atoms with E-state index in [0.29, 0.717) is 21.5 Å². The van der Waals surface area contributed by atoms with E-state index in [9.17, 15) is 9.59 Å². The Kier molecular flexibility index (Phi) is 8.26. The van der Waals surface area contributed by atoms with Crippen LogP contribution in [-0.4, -0.2) is 26.6 Å². The second kappa shape index (κ2) is 11.1. The van der Waals surface area contributed by atoms with Gasteiger partial charge in [-0.25, -0.2) is 4.79 Å². The van der Waals surface area contributed by atoms with E-state index < -0.39 is 11.7 Å². The normalized spacial score (nSPS) is 10.8. The highest BCUT2D eigenvalue weighted by Crippen LogP contribution is 2.29. The minimum atomic E-state index is -0.633. The Morgan fingerprint density at radius 1 is 1.15 bits per heavy atom. The molecule has 0 aliphatic carbocycles. The van der Waals surface area contributed by atoms with Crippen LogP contribution < -0.4 is 21.6 Å². The molecular weight excluding hydrogens is 469 g/mol. The fraction of sp³-hybridized carbons (Fsp3) is 0.273. The van der Waals surface area contributed by atoms with E-state index in [1.807, 2.05) is 13.8 Å². The predicted octanol–water partition coefficient (Wildman–Crippen LogP) is 3.87. The quantitative estimate of drug-likeness (QED) is 0.432. The van der Waals surface area contributed by atoms with Crippen molar-refractivity contribution in [2.45, 2.75) is 39.3 Å². The number of halogens is 2. The fourth-order valence-electron chi connectivity index (χ4n) is 2.92. The average Bonchev–Trinajstić information content (AvgIpc) is 2.77. The summed E-state index contributed by atoms with van der Waals surface area (Å²) >= 11 is 12.3. The van der Waals surface area contributed by atoms with Gasteiger partial charge in [0.05, 0.1) is 24.1 Å². The highest BCUT2D eigenvalue weighted by atomic mass is 35.5. The van der Waals surface area contributed by atoms with Crippen LogP contribution in [0.15, 0.2) is 47.3 Å². The average molecular weight is 492 g/mol. The first-order valence-corrected chi connectivity index (χ1v) is 10.9. The van der Waals surface area contributed by atoms with Crippen molar-refractivity contribution in [1.82, 2.24) is 14.5 Å². The second-order valence-electron chi connectivity index (χ2n) is 7.39. The molecule has 0 saturated carbocycles. The third-order valence-corrected chi connectivity index (χ3v) is 4.98. The van der Waals surface area contributed by atoms with Crippen LogP contribution in [-0.2, 0) is 22.6 Å². The Labute approximate surface area is 200 Å². The summed E-state index contributed by atoms with van der Waals surface area (Å²) in [5.41, 5.74) is 0.877. The van der Waals surface area contributed by atoms with Crippen molar-refractivity contribution < 1.29 is 14.4 Å². The maximum Gasteiger partial charge on any atom is 0.352 e. The number of benzene rings is 2. The van der Waals surface area contributed by atoms with Crippen molar-refractivity contribution >= 4 is 40.8 Å². The minimum absolute atomic E-state index is 0.0319. The first-order valence-electron chi connectivity index (χ1n) is 10.1. The van der Waals surface area contributed by atoms with Crippen LogP contribution >= 0.6 is 23.2 Å². The molecular formula is C22H23Cl2N5O4. The summed E-state index contributed by atoms with van der Waals surface area (Å²) in [5, 5.41) is 4.10. The van der Waals surface area contributed by atoms with E-state index in [0.717, 1.165) is 5.56 Å². The molecule has 0 spiro atoms. The van der Waals surface area contributed by atoms with Crippen LogP contribution in [0.2, 0.25) is 10.0 Å². The number of ether oxygens (including phenoxy) is 1. The van der Waals surface area contributed by atoms with Gasteiger partial charge in [0.25, 0.3) is 0 Å². The van der Waals surface area contributed by atoms with Crippen LogP contribution in [0.1, 0.15) is 31.7 Å². The summed E-state index contributed by atoms with van der Waals surface area (Å²) in [6, 6.07) is 12.2. The van der Waals surface area contributed by atoms with Gasteiger partial charge in [0.15, 0.2) is 0 Å². The third-order valence-electron chi connectivity index (χ3n) is 4.44. The van der Waals surface area contributed by atoms with Crippen molar-refractivity contribution in [2.75, 3.05) is 5.32 Å². The Morgan fingerprint density at radius 3 is 2.52 bits per heavy atom. The molecule has 0 saturated heterocycles. The molecule has 3 N–H and O–H groups in total. The van der Waals surface area contributed by atoms with Gasteiger partial charge in [-0.1, -0.05) is 35.3 Å². The van der Waals surface area contributed by atoms with Gasteiger partial charge >= 0.3 is 11.7 Å². The fourth-order valence-corrected chi connectivity index (χ4v) is 3.27. The molecule has 9 nitrogen and oxygen atoms in total. The van der Waals surface area contributed by atoms with Gasteiger partial charge < -0.3 is 14.9 Å². The summed E-state index contributed by atoms with van der Waals surface area (Å²) in [4.78, 5) is 36.8. The zero-order chi connectivity index (χ0) is 24.0. The lowest BCUT2D eigenvalue weighted by atomic mass is 10.2. The third kappa shape index (κ3) is 6.92. The lowest BCUT2D eigenvalue weighted by Crippen LogP contribution is -2.29. The molecule has 0 atom stereocenters. The largest absolute Gasteiger partial charge is 0.489 e. The van der Waals surface area contributed by atoms with Gasteiger partial charge in [-0.2, -0.15) is 15.9 Å². The van der Waals surface area contributed by atoms with E-state index >= 15 is 0 Å². The molecule has 0 aliphatic heterocycles. The molecule has 0 unspecified atom stereocenters. The van der Waals surface area contributed by atoms with Gasteiger partial charge in [0, 0.05) is 17.1 Å². The van der Waals surface area contributed by atoms with Crippen molar-refractivity contribution in [3.63, 3.8) is 0 Å². The summed E-state index contributed by atoms with van der Waals surface area (Å²) in [7, 11) is 0. The lowest BCUT2D eigenvalue weighted by molar-refractivity contribution is -0.144.